The zero-order valence-electron chi connectivity index (χ0n) is 25.5. The highest BCUT2D eigenvalue weighted by Gasteiger charge is 2.28. The second kappa shape index (κ2) is 15.1. The smallest absolute Gasteiger partial charge is 0.324 e. The summed E-state index contributed by atoms with van der Waals surface area (Å²) in [5.41, 5.74) is 3.48. The minimum Gasteiger partial charge on any atom is -0.496 e. The summed E-state index contributed by atoms with van der Waals surface area (Å²) in [6.45, 7) is 6.26. The first-order valence-electron chi connectivity index (χ1n) is 14.7. The molecule has 0 radical (unpaired) electrons. The topological polar surface area (TPSA) is 94.6 Å². The number of amides is 2. The van der Waals surface area contributed by atoms with Gasteiger partial charge in [-0.2, -0.15) is 8.42 Å². The highest BCUT2D eigenvalue weighted by atomic mass is 32.2. The third-order valence-corrected chi connectivity index (χ3v) is 8.75. The lowest BCUT2D eigenvalue weighted by atomic mass is 10.1. The van der Waals surface area contributed by atoms with Crippen molar-refractivity contribution in [2.75, 3.05) is 45.4 Å². The highest BCUT2D eigenvalue weighted by Crippen LogP contribution is 2.34. The number of unbranched alkanes of at least 4 members (excludes halogenated alkanes) is 2. The fraction of sp³-hybridized carbons (Fsp3) is 0.424. The van der Waals surface area contributed by atoms with Crippen molar-refractivity contribution in [1.82, 2.24) is 4.90 Å². The summed E-state index contributed by atoms with van der Waals surface area (Å²) in [6, 6.07) is 17.8. The number of benzene rings is 3. The van der Waals surface area contributed by atoms with Gasteiger partial charge in [-0.3, -0.25) is 9.08 Å². The molecule has 9 nitrogen and oxygen atoms in total. The van der Waals surface area contributed by atoms with Gasteiger partial charge in [0.05, 0.1) is 38.9 Å². The van der Waals surface area contributed by atoms with E-state index in [4.69, 9.17) is 18.4 Å². The van der Waals surface area contributed by atoms with E-state index in [2.05, 4.69) is 6.92 Å². The van der Waals surface area contributed by atoms with E-state index in [0.717, 1.165) is 48.1 Å². The Hall–Kier alpha value is -3.76. The van der Waals surface area contributed by atoms with Gasteiger partial charge in [-0.15, -0.1) is 0 Å². The van der Waals surface area contributed by atoms with E-state index >= 15 is 0 Å². The lowest BCUT2D eigenvalue weighted by molar-refractivity contribution is 0.191. The predicted molar refractivity (Wildman–Crippen MR) is 167 cm³/mol. The SMILES string of the molecule is CCCCCOc1cc(N2CCCN(Cc3ccc(CCOS(=O)(=O)c4ccc(C)cc4)cc3OC)C2=O)ccc1OC. The summed E-state index contributed by atoms with van der Waals surface area (Å²) >= 11 is 0. The fourth-order valence-corrected chi connectivity index (χ4v) is 5.88. The van der Waals surface area contributed by atoms with E-state index in [9.17, 15) is 13.2 Å². The van der Waals surface area contributed by atoms with E-state index in [1.807, 2.05) is 48.2 Å². The Labute approximate surface area is 255 Å². The number of aryl methyl sites for hydroxylation is 1. The summed E-state index contributed by atoms with van der Waals surface area (Å²) < 4.78 is 47.4. The molecule has 4 rings (SSSR count). The van der Waals surface area contributed by atoms with Crippen molar-refractivity contribution in [1.29, 1.82) is 0 Å². The molecule has 1 saturated heterocycles. The van der Waals surface area contributed by atoms with Gasteiger partial charge >= 0.3 is 6.03 Å². The highest BCUT2D eigenvalue weighted by molar-refractivity contribution is 7.86. The fourth-order valence-electron chi connectivity index (χ4n) is 4.97. The number of rotatable bonds is 15. The third-order valence-electron chi connectivity index (χ3n) is 7.43. The summed E-state index contributed by atoms with van der Waals surface area (Å²) in [4.78, 5) is 17.3. The maximum absolute atomic E-state index is 13.6. The number of carbonyl (C=O) groups is 1. The Morgan fingerprint density at radius 2 is 1.60 bits per heavy atom. The molecule has 0 N–H and O–H groups in total. The average Bonchev–Trinajstić information content (AvgIpc) is 3.01. The van der Waals surface area contributed by atoms with Crippen LogP contribution in [-0.2, 0) is 27.3 Å². The van der Waals surface area contributed by atoms with Gasteiger partial charge in [0.15, 0.2) is 11.5 Å². The molecular weight excluding hydrogens is 568 g/mol. The second-order valence-electron chi connectivity index (χ2n) is 10.6. The minimum absolute atomic E-state index is 0.00441. The molecule has 0 saturated carbocycles. The van der Waals surface area contributed by atoms with Crippen LogP contribution < -0.4 is 19.1 Å². The van der Waals surface area contributed by atoms with Crippen LogP contribution in [0.25, 0.3) is 0 Å². The van der Waals surface area contributed by atoms with Crippen LogP contribution in [0.15, 0.2) is 65.6 Å². The molecular formula is C33H42N2O7S. The zero-order chi connectivity index (χ0) is 30.8. The van der Waals surface area contributed by atoms with Crippen LogP contribution in [0.1, 0.15) is 49.3 Å². The molecule has 1 fully saturated rings. The molecule has 232 valence electrons. The van der Waals surface area contributed by atoms with Crippen LogP contribution in [0.5, 0.6) is 17.2 Å². The molecule has 0 spiro atoms. The van der Waals surface area contributed by atoms with Gasteiger partial charge in [0, 0.05) is 30.4 Å². The maximum atomic E-state index is 13.6. The number of carbonyl (C=O) groups excluding carboxylic acids is 1. The molecule has 3 aromatic carbocycles. The first-order chi connectivity index (χ1) is 20.7. The third kappa shape index (κ3) is 8.42. The Morgan fingerprint density at radius 3 is 2.33 bits per heavy atom. The minimum atomic E-state index is -3.83. The monoisotopic (exact) mass is 610 g/mol. The van der Waals surface area contributed by atoms with Gasteiger partial charge in [-0.1, -0.05) is 49.6 Å². The lowest BCUT2D eigenvalue weighted by Crippen LogP contribution is -2.49. The molecule has 0 bridgehead atoms. The van der Waals surface area contributed by atoms with Crippen molar-refractivity contribution in [2.45, 2.75) is 57.4 Å². The largest absolute Gasteiger partial charge is 0.496 e. The summed E-state index contributed by atoms with van der Waals surface area (Å²) in [5.74, 6) is 1.91. The maximum Gasteiger partial charge on any atom is 0.324 e. The lowest BCUT2D eigenvalue weighted by Gasteiger charge is -2.36. The van der Waals surface area contributed by atoms with E-state index < -0.39 is 10.1 Å². The number of anilines is 1. The molecule has 2 amide bonds. The number of nitrogens with zero attached hydrogens (tertiary/aromatic N) is 2. The summed E-state index contributed by atoms with van der Waals surface area (Å²) in [6.07, 6.45) is 4.37. The van der Waals surface area contributed by atoms with Crippen molar-refractivity contribution in [3.8, 4) is 17.2 Å². The van der Waals surface area contributed by atoms with Gasteiger partial charge in [-0.25, -0.2) is 4.79 Å². The zero-order valence-corrected chi connectivity index (χ0v) is 26.3. The molecule has 0 aliphatic carbocycles. The molecule has 0 atom stereocenters. The van der Waals surface area contributed by atoms with Crippen LogP contribution in [0.3, 0.4) is 0 Å². The van der Waals surface area contributed by atoms with Gasteiger partial charge in [0.2, 0.25) is 0 Å². The number of ether oxygens (including phenoxy) is 3. The molecule has 43 heavy (non-hydrogen) atoms. The average molecular weight is 611 g/mol. The normalized spacial score (nSPS) is 13.7. The van der Waals surface area contributed by atoms with Gasteiger partial charge in [0.25, 0.3) is 10.1 Å². The quantitative estimate of drug-likeness (QED) is 0.146. The van der Waals surface area contributed by atoms with Crippen molar-refractivity contribution in [3.05, 3.63) is 77.4 Å². The Kier molecular flexibility index (Phi) is 11.3. The Bertz CT molecular complexity index is 1480. The molecule has 0 unspecified atom stereocenters. The van der Waals surface area contributed by atoms with Crippen LogP contribution in [-0.4, -0.2) is 59.9 Å². The molecule has 0 aromatic heterocycles. The Morgan fingerprint density at radius 1 is 0.837 bits per heavy atom. The van der Waals surface area contributed by atoms with Crippen molar-refractivity contribution < 1.29 is 31.6 Å². The van der Waals surface area contributed by atoms with Gasteiger partial charge < -0.3 is 19.1 Å². The number of urea groups is 1. The second-order valence-corrected chi connectivity index (χ2v) is 12.2. The standard InChI is InChI=1S/C33H42N2O7S/c1-5-6-7-20-41-32-23-28(13-16-30(32)39-3)35-19-8-18-34(33(35)36)24-27-12-11-26(22-31(27)40-4)17-21-42-43(37,38)29-14-9-25(2)10-15-29/h9-16,22-23H,5-8,17-21,24H2,1-4H3. The molecule has 10 heteroatoms. The van der Waals surface area contributed by atoms with Crippen LogP contribution in [0.2, 0.25) is 0 Å². The molecule has 1 heterocycles. The molecule has 1 aliphatic rings. The number of hydrogen-bond acceptors (Lipinski definition) is 7. The number of hydrogen-bond donors (Lipinski definition) is 0. The summed E-state index contributed by atoms with van der Waals surface area (Å²) in [5, 5.41) is 0. The van der Waals surface area contributed by atoms with Crippen molar-refractivity contribution in [3.63, 3.8) is 0 Å². The van der Waals surface area contributed by atoms with E-state index in [1.165, 1.54) is 0 Å². The first kappa shape index (κ1) is 32.2. The van der Waals surface area contributed by atoms with Crippen LogP contribution in [0.4, 0.5) is 10.5 Å². The molecule has 1 aliphatic heterocycles. The molecule has 3 aromatic rings. The van der Waals surface area contributed by atoms with E-state index in [1.54, 1.807) is 43.4 Å². The van der Waals surface area contributed by atoms with Crippen molar-refractivity contribution >= 4 is 21.8 Å². The predicted octanol–water partition coefficient (Wildman–Crippen LogP) is 6.36. The first-order valence-corrected chi connectivity index (χ1v) is 16.2. The van der Waals surface area contributed by atoms with Gasteiger partial charge in [-0.05, 0) is 62.1 Å². The van der Waals surface area contributed by atoms with Crippen molar-refractivity contribution in [2.24, 2.45) is 0 Å². The van der Waals surface area contributed by atoms with Crippen LogP contribution >= 0.6 is 0 Å². The summed E-state index contributed by atoms with van der Waals surface area (Å²) in [7, 11) is -0.634. The van der Waals surface area contributed by atoms with E-state index in [-0.39, 0.29) is 17.5 Å². The van der Waals surface area contributed by atoms with E-state index in [0.29, 0.717) is 49.9 Å². The van der Waals surface area contributed by atoms with Crippen LogP contribution in [0, 0.1) is 6.92 Å². The van der Waals surface area contributed by atoms with Gasteiger partial charge in [0.1, 0.15) is 5.75 Å². The Balaban J connectivity index is 1.40. The number of methoxy groups -OCH3 is 2.